The van der Waals surface area contributed by atoms with E-state index >= 15 is 0 Å². The smallest absolute Gasteiger partial charge is 0.469 e. The van der Waals surface area contributed by atoms with Crippen LogP contribution in [0.25, 0.3) is 0 Å². The van der Waals surface area contributed by atoms with Crippen LogP contribution < -0.4 is 0 Å². The molecular weight excluding hydrogens is 311 g/mol. The van der Waals surface area contributed by atoms with Crippen molar-refractivity contribution in [2.75, 3.05) is 0 Å². The molecule has 0 bridgehead atoms. The van der Waals surface area contributed by atoms with Gasteiger partial charge in [-0.25, -0.2) is 4.57 Å². The van der Waals surface area contributed by atoms with Crippen LogP contribution in [0, 0.1) is 6.92 Å². The highest BCUT2D eigenvalue weighted by atomic mass is 31.2. The first-order valence-corrected chi connectivity index (χ1v) is 7.56. The van der Waals surface area contributed by atoms with E-state index < -0.39 is 14.4 Å². The summed E-state index contributed by atoms with van der Waals surface area (Å²) in [5.74, 6) is -0.318. The number of hydrogen-bond acceptors (Lipinski definition) is 6. The Morgan fingerprint density at radius 3 is 2.32 bits per heavy atom. The Bertz CT molecular complexity index is 632. The van der Waals surface area contributed by atoms with Crippen LogP contribution in [0.5, 0.6) is 5.75 Å². The lowest BCUT2D eigenvalue weighted by atomic mass is 10.1. The number of carbonyl (C=O) groups excluding carboxylic acids is 1. The molecule has 0 aliphatic heterocycles. The number of aromatic nitrogens is 2. The third-order valence-electron chi connectivity index (χ3n) is 2.43. The average Bonchev–Trinajstić information content (AvgIpc) is 2.50. The van der Waals surface area contributed by atoms with Gasteiger partial charge in [-0.1, -0.05) is 6.07 Å². The fraction of sp³-hybridized carbons (Fsp3) is 0.154. The number of aromatic hydroxyl groups is 1. The predicted octanol–water partition coefficient (Wildman–Crippen LogP) is 1.60. The number of pyridine rings is 2. The molecule has 0 saturated heterocycles. The average molecular weight is 326 g/mol. The normalized spacial score (nSPS) is 10.5. The maximum atomic E-state index is 10.7. The van der Waals surface area contributed by atoms with E-state index in [0.717, 1.165) is 0 Å². The molecule has 2 aromatic heterocycles. The maximum absolute atomic E-state index is 10.7. The first-order valence-electron chi connectivity index (χ1n) is 6.03. The fourth-order valence-corrected chi connectivity index (χ4v) is 1.67. The van der Waals surface area contributed by atoms with E-state index in [0.29, 0.717) is 6.29 Å². The molecule has 9 heteroatoms. The summed E-state index contributed by atoms with van der Waals surface area (Å²) in [4.78, 5) is 35.2. The first kappa shape index (κ1) is 17.9. The van der Waals surface area contributed by atoms with Crippen molar-refractivity contribution in [1.29, 1.82) is 0 Å². The molecule has 2 rings (SSSR count). The van der Waals surface area contributed by atoms with Gasteiger partial charge in [0.25, 0.3) is 0 Å². The molecule has 0 aliphatic carbocycles. The van der Waals surface area contributed by atoms with E-state index in [4.69, 9.17) is 9.79 Å². The van der Waals surface area contributed by atoms with Crippen molar-refractivity contribution in [3.63, 3.8) is 0 Å². The minimum absolute atomic E-state index is 0.0825. The summed E-state index contributed by atoms with van der Waals surface area (Å²) in [5, 5.41) is 9.46. The molecule has 3 N–H and O–H groups in total. The van der Waals surface area contributed by atoms with Crippen LogP contribution in [0.3, 0.4) is 0 Å². The molecular formula is C13H15N2O6P. The van der Waals surface area contributed by atoms with Gasteiger partial charge in [0.05, 0.1) is 17.9 Å². The van der Waals surface area contributed by atoms with Crippen LogP contribution in [0.4, 0.5) is 0 Å². The monoisotopic (exact) mass is 326 g/mol. The molecule has 22 heavy (non-hydrogen) atoms. The highest BCUT2D eigenvalue weighted by Crippen LogP contribution is 2.37. The number of hydrogen-bond donors (Lipinski definition) is 3. The van der Waals surface area contributed by atoms with Crippen LogP contribution in [-0.2, 0) is 15.7 Å². The Morgan fingerprint density at radius 2 is 1.91 bits per heavy atom. The number of carbonyl (C=O) groups is 1. The lowest BCUT2D eigenvalue weighted by Crippen LogP contribution is -1.99. The zero-order chi connectivity index (χ0) is 16.6. The van der Waals surface area contributed by atoms with Crippen LogP contribution in [0.15, 0.2) is 36.8 Å². The van der Waals surface area contributed by atoms with Crippen LogP contribution in [0.2, 0.25) is 0 Å². The highest BCUT2D eigenvalue weighted by Gasteiger charge is 2.17. The topological polar surface area (TPSA) is 130 Å². The van der Waals surface area contributed by atoms with Crippen molar-refractivity contribution < 1.29 is 28.8 Å². The summed E-state index contributed by atoms with van der Waals surface area (Å²) >= 11 is 0. The second-order valence-corrected chi connectivity index (χ2v) is 5.28. The molecule has 0 saturated carbocycles. The van der Waals surface area contributed by atoms with E-state index in [2.05, 4.69) is 14.5 Å². The Balaban J connectivity index is 0.000000335. The third-order valence-corrected chi connectivity index (χ3v) is 2.90. The first-order chi connectivity index (χ1) is 10.3. The van der Waals surface area contributed by atoms with Gasteiger partial charge in [0.2, 0.25) is 0 Å². The van der Waals surface area contributed by atoms with Gasteiger partial charge in [-0.2, -0.15) is 0 Å². The molecule has 0 amide bonds. The number of phosphoric acid groups is 1. The highest BCUT2D eigenvalue weighted by molar-refractivity contribution is 7.46. The van der Waals surface area contributed by atoms with Crippen molar-refractivity contribution >= 4 is 14.1 Å². The Hall–Kier alpha value is -2.12. The van der Waals surface area contributed by atoms with Gasteiger partial charge in [-0.3, -0.25) is 19.3 Å². The maximum Gasteiger partial charge on any atom is 0.469 e. The number of phosphoric ester groups is 1. The molecule has 118 valence electrons. The Labute approximate surface area is 126 Å². The van der Waals surface area contributed by atoms with E-state index in [1.165, 1.54) is 13.1 Å². The third kappa shape index (κ3) is 6.11. The van der Waals surface area contributed by atoms with Gasteiger partial charge in [-0.15, -0.1) is 0 Å². The second kappa shape index (κ2) is 8.35. The van der Waals surface area contributed by atoms with Gasteiger partial charge < -0.3 is 14.9 Å². The van der Waals surface area contributed by atoms with Gasteiger partial charge >= 0.3 is 7.82 Å². The zero-order valence-corrected chi connectivity index (χ0v) is 12.6. The summed E-state index contributed by atoms with van der Waals surface area (Å²) in [6, 6.07) is 5.72. The summed E-state index contributed by atoms with van der Waals surface area (Å²) < 4.78 is 14.7. The van der Waals surface area contributed by atoms with Crippen molar-refractivity contribution in [2.45, 2.75) is 13.5 Å². The minimum Gasteiger partial charge on any atom is -0.505 e. The Kier molecular flexibility index (Phi) is 6.81. The van der Waals surface area contributed by atoms with E-state index in [-0.39, 0.29) is 22.6 Å². The van der Waals surface area contributed by atoms with Crippen molar-refractivity contribution in [2.24, 2.45) is 0 Å². The summed E-state index contributed by atoms with van der Waals surface area (Å²) in [7, 11) is -4.61. The number of nitrogens with zero attached hydrogens (tertiary/aromatic N) is 2. The van der Waals surface area contributed by atoms with Crippen molar-refractivity contribution in [3.8, 4) is 5.75 Å². The standard InChI is InChI=1S/C8H10NO6P.C5H5N/c1-5-8(11)7(3-10)6(2-9-5)4-15-16(12,13)14;1-2-4-6-5-3-1/h2-3,11H,4H2,1H3,(H2,12,13,14);1-5H. The Morgan fingerprint density at radius 1 is 1.27 bits per heavy atom. The van der Waals surface area contributed by atoms with Gasteiger partial charge in [0.15, 0.2) is 6.29 Å². The number of rotatable bonds is 4. The van der Waals surface area contributed by atoms with Gasteiger partial charge in [0, 0.05) is 24.2 Å². The molecule has 2 heterocycles. The lowest BCUT2D eigenvalue weighted by Gasteiger charge is -2.09. The largest absolute Gasteiger partial charge is 0.505 e. The van der Waals surface area contributed by atoms with Crippen LogP contribution in [-0.4, -0.2) is 31.1 Å². The molecule has 0 radical (unpaired) electrons. The van der Waals surface area contributed by atoms with E-state index in [1.54, 1.807) is 12.4 Å². The summed E-state index contributed by atoms with van der Waals surface area (Å²) in [6.45, 7) is 0.995. The van der Waals surface area contributed by atoms with E-state index in [1.807, 2.05) is 18.2 Å². The van der Waals surface area contributed by atoms with E-state index in [9.17, 15) is 14.5 Å². The number of aldehydes is 1. The molecule has 0 fully saturated rings. The van der Waals surface area contributed by atoms with Crippen LogP contribution >= 0.6 is 7.82 Å². The van der Waals surface area contributed by atoms with Gasteiger partial charge in [-0.05, 0) is 19.1 Å². The molecule has 8 nitrogen and oxygen atoms in total. The SMILES string of the molecule is Cc1ncc(COP(=O)(O)O)c(C=O)c1O.c1ccncc1. The lowest BCUT2D eigenvalue weighted by molar-refractivity contribution is 0.111. The van der Waals surface area contributed by atoms with Gasteiger partial charge in [0.1, 0.15) is 5.75 Å². The second-order valence-electron chi connectivity index (χ2n) is 4.04. The summed E-state index contributed by atoms with van der Waals surface area (Å²) in [6.07, 6.45) is 5.09. The molecule has 0 aromatic carbocycles. The molecule has 2 aromatic rings. The minimum atomic E-state index is -4.61. The fourth-order valence-electron chi connectivity index (χ4n) is 1.37. The zero-order valence-electron chi connectivity index (χ0n) is 11.7. The molecule has 0 unspecified atom stereocenters. The molecule has 0 atom stereocenters. The predicted molar refractivity (Wildman–Crippen MR) is 77.1 cm³/mol. The quantitative estimate of drug-likeness (QED) is 0.570. The molecule has 0 aliphatic rings. The molecule has 0 spiro atoms. The van der Waals surface area contributed by atoms with Crippen molar-refractivity contribution in [1.82, 2.24) is 9.97 Å². The summed E-state index contributed by atoms with van der Waals surface area (Å²) in [5.41, 5.74) is 0.282. The number of aryl methyl sites for hydroxylation is 1. The van der Waals surface area contributed by atoms with Crippen molar-refractivity contribution in [3.05, 3.63) is 53.6 Å². The van der Waals surface area contributed by atoms with Crippen LogP contribution in [0.1, 0.15) is 21.6 Å².